The Morgan fingerprint density at radius 1 is 1.05 bits per heavy atom. The summed E-state index contributed by atoms with van der Waals surface area (Å²) in [5.41, 5.74) is 3.10. The first-order valence-electron chi connectivity index (χ1n) is 8.71. The molecule has 116 valence electrons. The lowest BCUT2D eigenvalue weighted by atomic mass is 9.85. The van der Waals surface area contributed by atoms with Crippen LogP contribution >= 0.6 is 0 Å². The third-order valence-electron chi connectivity index (χ3n) is 4.44. The Labute approximate surface area is 130 Å². The molecule has 0 N–H and O–H groups in total. The highest BCUT2D eigenvalue weighted by atomic mass is 16.5. The topological polar surface area (TPSA) is 9.23 Å². The minimum absolute atomic E-state index is 0.811. The van der Waals surface area contributed by atoms with E-state index < -0.39 is 0 Å². The van der Waals surface area contributed by atoms with Gasteiger partial charge >= 0.3 is 0 Å². The molecule has 1 aromatic carbocycles. The van der Waals surface area contributed by atoms with E-state index in [4.69, 9.17) is 4.74 Å². The molecule has 0 amide bonds. The maximum Gasteiger partial charge on any atom is 0.119 e. The molecule has 0 spiro atoms. The largest absolute Gasteiger partial charge is 0.494 e. The van der Waals surface area contributed by atoms with Crippen LogP contribution in [0.15, 0.2) is 35.9 Å². The Balaban J connectivity index is 1.75. The van der Waals surface area contributed by atoms with Gasteiger partial charge in [-0.15, -0.1) is 0 Å². The van der Waals surface area contributed by atoms with E-state index in [-0.39, 0.29) is 0 Å². The molecule has 0 heterocycles. The first-order chi connectivity index (χ1) is 10.3. The number of allylic oxidation sites excluding steroid dienone is 2. The Morgan fingerprint density at radius 3 is 2.48 bits per heavy atom. The summed E-state index contributed by atoms with van der Waals surface area (Å²) in [7, 11) is 0. The van der Waals surface area contributed by atoms with E-state index in [1.165, 1.54) is 50.5 Å². The Hall–Kier alpha value is -1.24. The van der Waals surface area contributed by atoms with Crippen molar-refractivity contribution < 1.29 is 4.74 Å². The minimum atomic E-state index is 0.811. The second kappa shape index (κ2) is 8.92. The monoisotopic (exact) mass is 286 g/mol. The fourth-order valence-electron chi connectivity index (χ4n) is 3.12. The molecule has 1 aromatic rings. The third kappa shape index (κ3) is 5.57. The lowest BCUT2D eigenvalue weighted by molar-refractivity contribution is 0.317. The highest BCUT2D eigenvalue weighted by Gasteiger charge is 2.13. The van der Waals surface area contributed by atoms with Crippen molar-refractivity contribution in [1.82, 2.24) is 0 Å². The van der Waals surface area contributed by atoms with Crippen LogP contribution in [0.5, 0.6) is 5.75 Å². The molecule has 1 atom stereocenters. The van der Waals surface area contributed by atoms with Gasteiger partial charge < -0.3 is 4.74 Å². The molecule has 0 saturated heterocycles. The van der Waals surface area contributed by atoms with Gasteiger partial charge in [-0.1, -0.05) is 50.5 Å². The summed E-state index contributed by atoms with van der Waals surface area (Å²) < 4.78 is 5.63. The van der Waals surface area contributed by atoms with Crippen molar-refractivity contribution >= 4 is 0 Å². The van der Waals surface area contributed by atoms with Crippen LogP contribution in [0.25, 0.3) is 0 Å². The average Bonchev–Trinajstić information content (AvgIpc) is 2.53. The number of benzene rings is 1. The number of hydrogen-bond donors (Lipinski definition) is 0. The summed E-state index contributed by atoms with van der Waals surface area (Å²) in [6.07, 6.45) is 12.8. The first kappa shape index (κ1) is 16.1. The number of rotatable bonds is 8. The van der Waals surface area contributed by atoms with Crippen LogP contribution in [0.3, 0.4) is 0 Å². The van der Waals surface area contributed by atoms with E-state index in [2.05, 4.69) is 44.2 Å². The van der Waals surface area contributed by atoms with Gasteiger partial charge in [0.15, 0.2) is 0 Å². The van der Waals surface area contributed by atoms with Crippen LogP contribution in [0, 0.1) is 5.92 Å². The molecule has 0 aromatic heterocycles. The van der Waals surface area contributed by atoms with E-state index in [0.717, 1.165) is 24.7 Å². The molecule has 0 bridgehead atoms. The zero-order chi connectivity index (χ0) is 14.9. The van der Waals surface area contributed by atoms with Crippen LogP contribution in [-0.4, -0.2) is 6.61 Å². The zero-order valence-electron chi connectivity index (χ0n) is 13.7. The molecule has 1 nitrogen and oxygen atoms in total. The molecule has 0 aliphatic heterocycles. The molecular weight excluding hydrogens is 256 g/mol. The Morgan fingerprint density at radius 2 is 1.86 bits per heavy atom. The summed E-state index contributed by atoms with van der Waals surface area (Å²) in [4.78, 5) is 0. The van der Waals surface area contributed by atoms with Crippen molar-refractivity contribution in [3.05, 3.63) is 41.5 Å². The molecule has 0 saturated carbocycles. The second-order valence-corrected chi connectivity index (χ2v) is 6.28. The highest BCUT2D eigenvalue weighted by molar-refractivity contribution is 5.28. The molecule has 2 rings (SSSR count). The maximum atomic E-state index is 5.63. The Kier molecular flexibility index (Phi) is 6.85. The lowest BCUT2D eigenvalue weighted by Gasteiger charge is -2.21. The van der Waals surface area contributed by atoms with Crippen molar-refractivity contribution in [2.75, 3.05) is 6.61 Å². The lowest BCUT2D eigenvalue weighted by Crippen LogP contribution is -2.06. The summed E-state index contributed by atoms with van der Waals surface area (Å²) in [6.45, 7) is 5.25. The van der Waals surface area contributed by atoms with Crippen molar-refractivity contribution in [2.24, 2.45) is 5.92 Å². The van der Waals surface area contributed by atoms with Crippen molar-refractivity contribution in [1.29, 1.82) is 0 Å². The summed E-state index contributed by atoms with van der Waals surface area (Å²) in [5, 5.41) is 0. The van der Waals surface area contributed by atoms with Crippen molar-refractivity contribution in [3.63, 3.8) is 0 Å². The molecule has 1 aliphatic carbocycles. The molecule has 1 heteroatoms. The van der Waals surface area contributed by atoms with Gasteiger partial charge in [-0.05, 0) is 62.1 Å². The number of hydrogen-bond acceptors (Lipinski definition) is 1. The minimum Gasteiger partial charge on any atom is -0.494 e. The van der Waals surface area contributed by atoms with Gasteiger partial charge in [0.2, 0.25) is 0 Å². The van der Waals surface area contributed by atoms with Gasteiger partial charge in [-0.25, -0.2) is 0 Å². The molecule has 0 radical (unpaired) electrons. The summed E-state index contributed by atoms with van der Waals surface area (Å²) in [6, 6.07) is 8.65. The van der Waals surface area contributed by atoms with Crippen molar-refractivity contribution in [2.45, 2.75) is 65.2 Å². The third-order valence-corrected chi connectivity index (χ3v) is 4.44. The van der Waals surface area contributed by atoms with E-state index in [9.17, 15) is 0 Å². The Bertz CT molecular complexity index is 430. The number of aryl methyl sites for hydroxylation is 1. The fraction of sp³-hybridized carbons (Fsp3) is 0.600. The van der Waals surface area contributed by atoms with Gasteiger partial charge in [0.1, 0.15) is 5.75 Å². The van der Waals surface area contributed by atoms with E-state index in [1.807, 2.05) is 0 Å². The predicted molar refractivity (Wildman–Crippen MR) is 90.9 cm³/mol. The maximum absolute atomic E-state index is 5.63. The SMILES string of the molecule is CCCOc1ccc(CCC2=CCC(CCC)CC2)cc1. The first-order valence-corrected chi connectivity index (χ1v) is 8.71. The summed E-state index contributed by atoms with van der Waals surface area (Å²) in [5.74, 6) is 1.95. The molecule has 0 fully saturated rings. The normalized spacial score (nSPS) is 18.4. The molecular formula is C20H30O. The van der Waals surface area contributed by atoms with Gasteiger partial charge in [0.25, 0.3) is 0 Å². The standard InChI is InChI=1S/C20H30O/c1-3-5-17-6-8-18(9-7-17)10-11-19-12-14-20(15-13-19)21-16-4-2/h8,12-15,17H,3-7,9-11,16H2,1-2H3. The smallest absolute Gasteiger partial charge is 0.119 e. The second-order valence-electron chi connectivity index (χ2n) is 6.28. The molecule has 1 unspecified atom stereocenters. The van der Waals surface area contributed by atoms with E-state index >= 15 is 0 Å². The van der Waals surface area contributed by atoms with Crippen LogP contribution in [-0.2, 0) is 6.42 Å². The van der Waals surface area contributed by atoms with E-state index in [0.29, 0.717) is 0 Å². The number of ether oxygens (including phenoxy) is 1. The predicted octanol–water partition coefficient (Wildman–Crippen LogP) is 5.93. The fourth-order valence-corrected chi connectivity index (χ4v) is 3.12. The quantitative estimate of drug-likeness (QED) is 0.538. The van der Waals surface area contributed by atoms with Crippen LogP contribution in [0.2, 0.25) is 0 Å². The van der Waals surface area contributed by atoms with Crippen molar-refractivity contribution in [3.8, 4) is 5.75 Å². The van der Waals surface area contributed by atoms with Crippen LogP contribution < -0.4 is 4.74 Å². The van der Waals surface area contributed by atoms with Crippen LogP contribution in [0.4, 0.5) is 0 Å². The summed E-state index contributed by atoms with van der Waals surface area (Å²) >= 11 is 0. The van der Waals surface area contributed by atoms with Gasteiger partial charge in [-0.2, -0.15) is 0 Å². The van der Waals surface area contributed by atoms with Gasteiger partial charge in [0.05, 0.1) is 6.61 Å². The molecule has 21 heavy (non-hydrogen) atoms. The van der Waals surface area contributed by atoms with E-state index in [1.54, 1.807) is 5.57 Å². The van der Waals surface area contributed by atoms with Crippen LogP contribution in [0.1, 0.15) is 64.4 Å². The van der Waals surface area contributed by atoms with Gasteiger partial charge in [0, 0.05) is 0 Å². The average molecular weight is 286 g/mol. The van der Waals surface area contributed by atoms with Gasteiger partial charge in [-0.3, -0.25) is 0 Å². The highest BCUT2D eigenvalue weighted by Crippen LogP contribution is 2.29. The molecule has 1 aliphatic rings. The zero-order valence-corrected chi connectivity index (χ0v) is 13.7.